The molecule has 1 saturated heterocycles. The largest absolute Gasteiger partial charge is 0.507 e. The van der Waals surface area contributed by atoms with Crippen LogP contribution in [0.2, 0.25) is 5.02 Å². The molecule has 1 aromatic heterocycles. The normalized spacial score (nSPS) is 18.6. The third-order valence-electron chi connectivity index (χ3n) is 5.21. The van der Waals surface area contributed by atoms with Crippen LogP contribution in [0.4, 0.5) is 0 Å². The fourth-order valence-corrected chi connectivity index (χ4v) is 3.79. The van der Waals surface area contributed by atoms with Crippen LogP contribution in [-0.2, 0) is 9.59 Å². The minimum atomic E-state index is -0.697. The standard InChI is InChI=1S/C22H24ClN3O3/c1-3-25(4-2)12-13-26-19(16-6-5-7-17(23)14-16)18(21(28)22(26)29)20(27)15-8-10-24-11-9-15/h5-11,14,19,27H,3-4,12-13H2,1-2H3/b20-18+/t19-/m1/s1. The number of ketones is 1. The van der Waals surface area contributed by atoms with Gasteiger partial charge >= 0.3 is 0 Å². The van der Waals surface area contributed by atoms with Crippen LogP contribution < -0.4 is 0 Å². The molecule has 0 saturated carbocycles. The van der Waals surface area contributed by atoms with Gasteiger partial charge in [-0.1, -0.05) is 37.6 Å². The number of aliphatic hydroxyl groups excluding tert-OH is 1. The lowest BCUT2D eigenvalue weighted by Gasteiger charge is -2.28. The number of aromatic nitrogens is 1. The van der Waals surface area contributed by atoms with Crippen LogP contribution in [0.1, 0.15) is 31.0 Å². The Labute approximate surface area is 175 Å². The third-order valence-corrected chi connectivity index (χ3v) is 5.44. The molecule has 1 aliphatic heterocycles. The Hall–Kier alpha value is -2.70. The van der Waals surface area contributed by atoms with E-state index < -0.39 is 17.7 Å². The number of hydrogen-bond acceptors (Lipinski definition) is 5. The Balaban J connectivity index is 2.09. The Morgan fingerprint density at radius 2 is 1.86 bits per heavy atom. The minimum absolute atomic E-state index is 0.0722. The first-order valence-electron chi connectivity index (χ1n) is 9.64. The maximum absolute atomic E-state index is 12.9. The van der Waals surface area contributed by atoms with Crippen LogP contribution in [0.5, 0.6) is 0 Å². The highest BCUT2D eigenvalue weighted by molar-refractivity contribution is 6.46. The van der Waals surface area contributed by atoms with Gasteiger partial charge in [0, 0.05) is 36.1 Å². The number of likely N-dealkylation sites (N-methyl/N-ethyl adjacent to an activating group) is 1. The third kappa shape index (κ3) is 4.33. The van der Waals surface area contributed by atoms with Gasteiger partial charge in [-0.25, -0.2) is 0 Å². The van der Waals surface area contributed by atoms with E-state index in [1.54, 1.807) is 30.3 Å². The zero-order valence-corrected chi connectivity index (χ0v) is 17.3. The van der Waals surface area contributed by atoms with Crippen LogP contribution in [0, 0.1) is 0 Å². The molecule has 1 N–H and O–H groups in total. The number of aliphatic hydroxyl groups is 1. The molecule has 2 heterocycles. The van der Waals surface area contributed by atoms with E-state index in [-0.39, 0.29) is 11.3 Å². The van der Waals surface area contributed by atoms with Gasteiger partial charge in [0.05, 0.1) is 11.6 Å². The van der Waals surface area contributed by atoms with Crippen LogP contribution in [0.25, 0.3) is 5.76 Å². The van der Waals surface area contributed by atoms with E-state index in [0.717, 1.165) is 13.1 Å². The minimum Gasteiger partial charge on any atom is -0.507 e. The molecule has 1 amide bonds. The molecule has 1 atom stereocenters. The zero-order valence-electron chi connectivity index (χ0n) is 16.5. The number of likely N-dealkylation sites (tertiary alicyclic amines) is 1. The molecule has 6 nitrogen and oxygen atoms in total. The summed E-state index contributed by atoms with van der Waals surface area (Å²) in [6, 6.07) is 9.55. The van der Waals surface area contributed by atoms with E-state index in [2.05, 4.69) is 23.7 Å². The van der Waals surface area contributed by atoms with Gasteiger partial charge in [0.1, 0.15) is 5.76 Å². The number of carbonyl (C=O) groups is 2. The number of nitrogens with zero attached hydrogens (tertiary/aromatic N) is 3. The Kier molecular flexibility index (Phi) is 6.67. The summed E-state index contributed by atoms with van der Waals surface area (Å²) >= 11 is 6.18. The molecular weight excluding hydrogens is 390 g/mol. The lowest BCUT2D eigenvalue weighted by atomic mass is 9.95. The summed E-state index contributed by atoms with van der Waals surface area (Å²) in [5.41, 5.74) is 1.20. The van der Waals surface area contributed by atoms with Crippen molar-refractivity contribution < 1.29 is 14.7 Å². The van der Waals surface area contributed by atoms with Crippen molar-refractivity contribution in [3.05, 3.63) is 70.5 Å². The van der Waals surface area contributed by atoms with E-state index in [1.165, 1.54) is 17.3 Å². The average molecular weight is 414 g/mol. The van der Waals surface area contributed by atoms with Crippen molar-refractivity contribution in [3.8, 4) is 0 Å². The van der Waals surface area contributed by atoms with Gasteiger partial charge in [0.15, 0.2) is 0 Å². The SMILES string of the molecule is CCN(CC)CCN1C(=O)C(=O)/C(=C(/O)c2ccncc2)[C@H]1c1cccc(Cl)c1. The average Bonchev–Trinajstić information content (AvgIpc) is 2.99. The van der Waals surface area contributed by atoms with Crippen molar-refractivity contribution in [1.29, 1.82) is 0 Å². The van der Waals surface area contributed by atoms with Crippen molar-refractivity contribution in [1.82, 2.24) is 14.8 Å². The maximum atomic E-state index is 12.9. The van der Waals surface area contributed by atoms with Gasteiger partial charge in [-0.2, -0.15) is 0 Å². The molecule has 7 heteroatoms. The van der Waals surface area contributed by atoms with Crippen molar-refractivity contribution in [3.63, 3.8) is 0 Å². The summed E-state index contributed by atoms with van der Waals surface area (Å²) in [5.74, 6) is -1.51. The highest BCUT2D eigenvalue weighted by Gasteiger charge is 2.46. The van der Waals surface area contributed by atoms with Gasteiger partial charge in [-0.3, -0.25) is 14.6 Å². The second kappa shape index (κ2) is 9.20. The molecular formula is C22H24ClN3O3. The monoisotopic (exact) mass is 413 g/mol. The highest BCUT2D eigenvalue weighted by atomic mass is 35.5. The Morgan fingerprint density at radius 3 is 2.48 bits per heavy atom. The number of halogens is 1. The van der Waals surface area contributed by atoms with Gasteiger partial charge in [0.25, 0.3) is 11.7 Å². The first-order valence-corrected chi connectivity index (χ1v) is 10.0. The van der Waals surface area contributed by atoms with Crippen LogP contribution in [0.15, 0.2) is 54.4 Å². The predicted octanol–water partition coefficient (Wildman–Crippen LogP) is 3.50. The summed E-state index contributed by atoms with van der Waals surface area (Å²) < 4.78 is 0. The zero-order chi connectivity index (χ0) is 21.0. The first kappa shape index (κ1) is 21.0. The summed E-state index contributed by atoms with van der Waals surface area (Å²) in [6.45, 7) is 6.80. The fourth-order valence-electron chi connectivity index (χ4n) is 3.59. The Morgan fingerprint density at radius 1 is 1.17 bits per heavy atom. The molecule has 0 bridgehead atoms. The molecule has 0 radical (unpaired) electrons. The number of benzene rings is 1. The van der Waals surface area contributed by atoms with Gasteiger partial charge in [-0.05, 0) is 42.9 Å². The summed E-state index contributed by atoms with van der Waals surface area (Å²) in [5, 5.41) is 11.4. The lowest BCUT2D eigenvalue weighted by molar-refractivity contribution is -0.140. The molecule has 3 rings (SSSR count). The second-order valence-electron chi connectivity index (χ2n) is 6.81. The number of hydrogen-bond donors (Lipinski definition) is 1. The molecule has 1 aromatic carbocycles. The molecule has 29 heavy (non-hydrogen) atoms. The van der Waals surface area contributed by atoms with Crippen molar-refractivity contribution >= 4 is 29.1 Å². The van der Waals surface area contributed by atoms with Crippen molar-refractivity contribution in [2.24, 2.45) is 0 Å². The summed E-state index contributed by atoms with van der Waals surface area (Å²) in [6.07, 6.45) is 3.06. The number of amides is 1. The highest BCUT2D eigenvalue weighted by Crippen LogP contribution is 2.39. The van der Waals surface area contributed by atoms with E-state index >= 15 is 0 Å². The van der Waals surface area contributed by atoms with Crippen molar-refractivity contribution in [2.45, 2.75) is 19.9 Å². The molecule has 152 valence electrons. The number of carbonyl (C=O) groups excluding carboxylic acids is 2. The Bertz CT molecular complexity index is 926. The van der Waals surface area contributed by atoms with E-state index in [1.807, 2.05) is 6.07 Å². The van der Waals surface area contributed by atoms with Gasteiger partial charge in [0.2, 0.25) is 0 Å². The quantitative estimate of drug-likeness (QED) is 0.427. The molecule has 0 spiro atoms. The smallest absolute Gasteiger partial charge is 0.295 e. The van der Waals surface area contributed by atoms with Gasteiger partial charge < -0.3 is 14.9 Å². The fraction of sp³-hybridized carbons (Fsp3) is 0.318. The predicted molar refractivity (Wildman–Crippen MR) is 112 cm³/mol. The molecule has 2 aromatic rings. The van der Waals surface area contributed by atoms with Crippen molar-refractivity contribution in [2.75, 3.05) is 26.2 Å². The van der Waals surface area contributed by atoms with Gasteiger partial charge in [-0.15, -0.1) is 0 Å². The molecule has 0 unspecified atom stereocenters. The molecule has 0 aliphatic carbocycles. The van der Waals surface area contributed by atoms with Crippen LogP contribution in [0.3, 0.4) is 0 Å². The van der Waals surface area contributed by atoms with E-state index in [9.17, 15) is 14.7 Å². The topological polar surface area (TPSA) is 73.7 Å². The lowest BCUT2D eigenvalue weighted by Crippen LogP contribution is -2.38. The number of pyridine rings is 1. The maximum Gasteiger partial charge on any atom is 0.295 e. The van der Waals surface area contributed by atoms with Crippen LogP contribution in [-0.4, -0.2) is 57.8 Å². The van der Waals surface area contributed by atoms with E-state index in [0.29, 0.717) is 29.2 Å². The summed E-state index contributed by atoms with van der Waals surface area (Å²) in [7, 11) is 0. The second-order valence-corrected chi connectivity index (χ2v) is 7.25. The van der Waals surface area contributed by atoms with Crippen LogP contribution >= 0.6 is 11.6 Å². The molecule has 1 aliphatic rings. The number of rotatable bonds is 7. The first-order chi connectivity index (χ1) is 14.0. The van der Waals surface area contributed by atoms with E-state index in [4.69, 9.17) is 11.6 Å². The summed E-state index contributed by atoms with van der Waals surface area (Å²) in [4.78, 5) is 33.4. The number of Topliss-reactive ketones (excluding diaryl/α,β-unsaturated/α-hetero) is 1. The molecule has 1 fully saturated rings.